The molecule has 0 atom stereocenters. The van der Waals surface area contributed by atoms with Gasteiger partial charge in [-0.05, 0) is 98.8 Å². The van der Waals surface area contributed by atoms with E-state index in [-0.39, 0.29) is 0 Å². The van der Waals surface area contributed by atoms with Crippen LogP contribution in [0.5, 0.6) is 0 Å². The topological polar surface area (TPSA) is 87.2 Å². The molecule has 0 unspecified atom stereocenters. The van der Waals surface area contributed by atoms with E-state index >= 15 is 0 Å². The maximum Gasteiger partial charge on any atom is 0.164 e. The van der Waals surface area contributed by atoms with E-state index in [9.17, 15) is 0 Å². The normalized spacial score (nSPS) is 11.7. The number of pyridine rings is 4. The highest BCUT2D eigenvalue weighted by atomic mass is 15.1. The molecular formula is C49H36N8. The van der Waals surface area contributed by atoms with Crippen LogP contribution in [0.1, 0.15) is 25.2 Å². The first kappa shape index (κ1) is 33.9. The van der Waals surface area contributed by atoms with E-state index in [1.165, 1.54) is 0 Å². The zero-order valence-corrected chi connectivity index (χ0v) is 31.4. The molecule has 0 N–H and O–H groups in total. The molecule has 6 heterocycles. The molecule has 0 spiro atoms. The Balaban J connectivity index is 0.991. The number of hydrogen-bond acceptors (Lipinski definition) is 6. The highest BCUT2D eigenvalue weighted by Gasteiger charge is 2.27. The first-order valence-corrected chi connectivity index (χ1v) is 19.0. The maximum atomic E-state index is 5.27. The van der Waals surface area contributed by atoms with Gasteiger partial charge in [0.1, 0.15) is 22.7 Å². The molecule has 57 heavy (non-hydrogen) atoms. The number of benzene rings is 4. The van der Waals surface area contributed by atoms with Crippen molar-refractivity contribution in [2.75, 3.05) is 0 Å². The van der Waals surface area contributed by atoms with E-state index < -0.39 is 5.41 Å². The van der Waals surface area contributed by atoms with E-state index in [1.807, 2.05) is 73.1 Å². The van der Waals surface area contributed by atoms with Crippen LogP contribution < -0.4 is 0 Å². The van der Waals surface area contributed by atoms with Gasteiger partial charge in [0.2, 0.25) is 0 Å². The second-order valence-corrected chi connectivity index (χ2v) is 14.5. The zero-order valence-electron chi connectivity index (χ0n) is 31.4. The number of nitrogens with zero attached hydrogens (tertiary/aromatic N) is 8. The van der Waals surface area contributed by atoms with Gasteiger partial charge in [0.15, 0.2) is 11.3 Å². The molecule has 0 bridgehead atoms. The summed E-state index contributed by atoms with van der Waals surface area (Å²) in [5.74, 6) is 1.65. The lowest BCUT2D eigenvalue weighted by Gasteiger charge is -2.25. The van der Waals surface area contributed by atoms with Crippen molar-refractivity contribution in [3.63, 3.8) is 0 Å². The minimum atomic E-state index is -0.499. The van der Waals surface area contributed by atoms with Crippen LogP contribution in [0.3, 0.4) is 0 Å². The minimum absolute atomic E-state index is 0.499. The van der Waals surface area contributed by atoms with Crippen LogP contribution in [0.15, 0.2) is 182 Å². The molecular weight excluding hydrogens is 701 g/mol. The van der Waals surface area contributed by atoms with E-state index in [2.05, 4.69) is 132 Å². The highest BCUT2D eigenvalue weighted by Crippen LogP contribution is 2.35. The Hall–Kier alpha value is -7.58. The predicted molar refractivity (Wildman–Crippen MR) is 227 cm³/mol. The van der Waals surface area contributed by atoms with E-state index in [1.54, 1.807) is 0 Å². The molecule has 6 aromatic heterocycles. The maximum absolute atomic E-state index is 5.27. The number of rotatable bonds is 8. The molecule has 0 aliphatic rings. The summed E-state index contributed by atoms with van der Waals surface area (Å²) in [5.41, 5.74) is 12.4. The summed E-state index contributed by atoms with van der Waals surface area (Å²) < 4.78 is 4.23. The van der Waals surface area contributed by atoms with Crippen molar-refractivity contribution in [2.45, 2.75) is 19.3 Å². The average molecular weight is 737 g/mol. The SMILES string of the molecule is CC(C)(c1cccc(-c2cccc(-c3nc4cccnc4n3-c3ccccc3)c2)n1)c1cccc(-c2cccc(-c3nc4cccnc4n3-c3ccccc3)c2)n1. The van der Waals surface area contributed by atoms with Crippen LogP contribution in [0.2, 0.25) is 0 Å². The van der Waals surface area contributed by atoms with Crippen LogP contribution in [-0.4, -0.2) is 39.0 Å². The number of hydrogen-bond donors (Lipinski definition) is 0. The molecule has 8 heteroatoms. The lowest BCUT2D eigenvalue weighted by molar-refractivity contribution is 0.597. The summed E-state index contributed by atoms with van der Waals surface area (Å²) in [6.45, 7) is 4.37. The summed E-state index contributed by atoms with van der Waals surface area (Å²) in [5, 5.41) is 0. The van der Waals surface area contributed by atoms with Gasteiger partial charge in [0.25, 0.3) is 0 Å². The third-order valence-electron chi connectivity index (χ3n) is 10.5. The number of fused-ring (bicyclic) bond motifs is 2. The minimum Gasteiger partial charge on any atom is -0.277 e. The Morgan fingerprint density at radius 1 is 0.386 bits per heavy atom. The van der Waals surface area contributed by atoms with Crippen molar-refractivity contribution < 1.29 is 0 Å². The van der Waals surface area contributed by atoms with Crippen LogP contribution in [-0.2, 0) is 5.41 Å². The number of para-hydroxylation sites is 2. The van der Waals surface area contributed by atoms with Crippen LogP contribution in [0.25, 0.3) is 79.0 Å². The van der Waals surface area contributed by atoms with Crippen molar-refractivity contribution in [2.24, 2.45) is 0 Å². The van der Waals surface area contributed by atoms with Crippen molar-refractivity contribution in [1.82, 2.24) is 39.0 Å². The smallest absolute Gasteiger partial charge is 0.164 e. The van der Waals surface area contributed by atoms with Crippen LogP contribution in [0, 0.1) is 0 Å². The molecule has 0 saturated carbocycles. The molecule has 10 aromatic rings. The fourth-order valence-electron chi connectivity index (χ4n) is 7.51. The van der Waals surface area contributed by atoms with Gasteiger partial charge in [-0.3, -0.25) is 19.1 Å². The first-order chi connectivity index (χ1) is 28.0. The largest absolute Gasteiger partial charge is 0.277 e. The third kappa shape index (κ3) is 6.13. The summed E-state index contributed by atoms with van der Waals surface area (Å²) in [4.78, 5) is 30.0. The molecule has 4 aromatic carbocycles. The molecule has 0 saturated heterocycles. The zero-order chi connectivity index (χ0) is 38.3. The van der Waals surface area contributed by atoms with Crippen LogP contribution >= 0.6 is 0 Å². The van der Waals surface area contributed by atoms with Crippen molar-refractivity contribution in [3.05, 3.63) is 194 Å². The van der Waals surface area contributed by atoms with Gasteiger partial charge in [-0.15, -0.1) is 0 Å². The molecule has 8 nitrogen and oxygen atoms in total. The molecule has 0 amide bonds. The average Bonchev–Trinajstić information content (AvgIpc) is 3.87. The Labute approximate surface area is 329 Å². The standard InChI is InChI=1S/C49H36N8/c1-49(2,43-27-11-23-39(52-43)33-15-9-17-35(31-33)45-54-41-25-13-29-50-47(41)56(45)37-19-5-3-6-20-37)44-28-12-24-40(53-44)34-16-10-18-36(32-34)46-55-42-26-14-30-51-48(42)57(46)38-21-7-4-8-22-38/h3-32H,1-2H3. The summed E-state index contributed by atoms with van der Waals surface area (Å²) in [7, 11) is 0. The molecule has 272 valence electrons. The molecule has 0 aliphatic heterocycles. The monoisotopic (exact) mass is 736 g/mol. The second kappa shape index (κ2) is 13.9. The Bertz CT molecular complexity index is 2850. The summed E-state index contributed by atoms with van der Waals surface area (Å²) in [6, 6.07) is 57.6. The van der Waals surface area contributed by atoms with Crippen molar-refractivity contribution in [1.29, 1.82) is 0 Å². The van der Waals surface area contributed by atoms with Gasteiger partial charge >= 0.3 is 0 Å². The quantitative estimate of drug-likeness (QED) is 0.154. The lowest BCUT2D eigenvalue weighted by atomic mass is 9.84. The Morgan fingerprint density at radius 2 is 0.807 bits per heavy atom. The van der Waals surface area contributed by atoms with Gasteiger partial charge < -0.3 is 0 Å². The number of aromatic nitrogens is 8. The molecule has 0 radical (unpaired) electrons. The van der Waals surface area contributed by atoms with E-state index in [0.717, 1.165) is 90.4 Å². The van der Waals surface area contributed by atoms with Gasteiger partial charge in [-0.2, -0.15) is 0 Å². The van der Waals surface area contributed by atoms with Gasteiger partial charge in [-0.1, -0.05) is 84.9 Å². The van der Waals surface area contributed by atoms with Gasteiger partial charge in [0, 0.05) is 51.4 Å². The molecule has 10 rings (SSSR count). The van der Waals surface area contributed by atoms with Gasteiger partial charge in [-0.25, -0.2) is 19.9 Å². The summed E-state index contributed by atoms with van der Waals surface area (Å²) >= 11 is 0. The third-order valence-corrected chi connectivity index (χ3v) is 10.5. The predicted octanol–water partition coefficient (Wildman–Crippen LogP) is 10.9. The first-order valence-electron chi connectivity index (χ1n) is 19.0. The fourth-order valence-corrected chi connectivity index (χ4v) is 7.51. The van der Waals surface area contributed by atoms with Gasteiger partial charge in [0.05, 0.1) is 22.8 Å². The summed E-state index contributed by atoms with van der Waals surface area (Å²) in [6.07, 6.45) is 3.62. The van der Waals surface area contributed by atoms with Crippen molar-refractivity contribution in [3.8, 4) is 56.7 Å². The lowest BCUT2D eigenvalue weighted by Crippen LogP contribution is -2.22. The highest BCUT2D eigenvalue weighted by molar-refractivity contribution is 5.82. The Kier molecular flexibility index (Phi) is 8.29. The Morgan fingerprint density at radius 3 is 1.26 bits per heavy atom. The fraction of sp³-hybridized carbons (Fsp3) is 0.0612. The van der Waals surface area contributed by atoms with E-state index in [0.29, 0.717) is 0 Å². The van der Waals surface area contributed by atoms with Crippen LogP contribution in [0.4, 0.5) is 0 Å². The second-order valence-electron chi connectivity index (χ2n) is 14.5. The van der Waals surface area contributed by atoms with Crippen molar-refractivity contribution >= 4 is 22.3 Å². The molecule has 0 fully saturated rings. The number of imidazole rings is 2. The van der Waals surface area contributed by atoms with E-state index in [4.69, 9.17) is 29.9 Å². The molecule has 0 aliphatic carbocycles.